The van der Waals surface area contributed by atoms with Gasteiger partial charge in [0.05, 0.1) is 5.02 Å². The molecule has 0 bridgehead atoms. The Morgan fingerprint density at radius 3 is 2.65 bits per heavy atom. The van der Waals surface area contributed by atoms with Crippen LogP contribution in [0.25, 0.3) is 0 Å². The lowest BCUT2D eigenvalue weighted by atomic mass is 9.89. The molecule has 1 aliphatic heterocycles. The number of phenols is 2. The van der Waals surface area contributed by atoms with E-state index in [2.05, 4.69) is 5.32 Å². The molecule has 4 heteroatoms. The van der Waals surface area contributed by atoms with Crippen molar-refractivity contribution in [2.45, 2.75) is 26.2 Å². The summed E-state index contributed by atoms with van der Waals surface area (Å²) < 4.78 is 0. The molecule has 0 saturated carbocycles. The van der Waals surface area contributed by atoms with Crippen LogP contribution in [0.1, 0.15) is 24.0 Å². The Bertz CT molecular complexity index is 414. The number of nitrogens with one attached hydrogen (secondary N) is 1. The van der Waals surface area contributed by atoms with Gasteiger partial charge in [-0.1, -0.05) is 11.6 Å². The topological polar surface area (TPSA) is 52.5 Å². The second kappa shape index (κ2) is 5.15. The van der Waals surface area contributed by atoms with Crippen molar-refractivity contribution in [1.82, 2.24) is 5.32 Å². The van der Waals surface area contributed by atoms with E-state index in [-0.39, 0.29) is 11.5 Å². The first-order valence-electron chi connectivity index (χ1n) is 6.00. The van der Waals surface area contributed by atoms with Gasteiger partial charge in [-0.2, -0.15) is 0 Å². The minimum atomic E-state index is -0.193. The predicted octanol–water partition coefficient (Wildman–Crippen LogP) is 2.60. The Morgan fingerprint density at radius 2 is 2.00 bits per heavy atom. The van der Waals surface area contributed by atoms with Gasteiger partial charge in [0.2, 0.25) is 0 Å². The largest absolute Gasteiger partial charge is 0.504 e. The van der Waals surface area contributed by atoms with Crippen LogP contribution in [0.4, 0.5) is 0 Å². The fourth-order valence-corrected chi connectivity index (χ4v) is 2.74. The Morgan fingerprint density at radius 1 is 1.35 bits per heavy atom. The molecule has 0 aliphatic carbocycles. The predicted molar refractivity (Wildman–Crippen MR) is 68.8 cm³/mol. The van der Waals surface area contributed by atoms with Crippen LogP contribution < -0.4 is 5.32 Å². The summed E-state index contributed by atoms with van der Waals surface area (Å²) in [4.78, 5) is 0. The highest BCUT2D eigenvalue weighted by Crippen LogP contribution is 2.39. The van der Waals surface area contributed by atoms with E-state index in [0.29, 0.717) is 10.9 Å². The molecule has 0 amide bonds. The van der Waals surface area contributed by atoms with Gasteiger partial charge in [0, 0.05) is 0 Å². The maximum atomic E-state index is 9.65. The first-order valence-corrected chi connectivity index (χ1v) is 6.38. The smallest absolute Gasteiger partial charge is 0.176 e. The molecule has 0 radical (unpaired) electrons. The lowest BCUT2D eigenvalue weighted by molar-refractivity contribution is 0.370. The fourth-order valence-electron chi connectivity index (χ4n) is 2.41. The standard InChI is InChI=1S/C13H18ClNO2/c1-8-6-11(16)13(17)12(14)10(8)7-9-2-4-15-5-3-9/h6,9,15-17H,2-5,7H2,1H3. The third-order valence-electron chi connectivity index (χ3n) is 3.50. The Labute approximate surface area is 106 Å². The van der Waals surface area contributed by atoms with Crippen LogP contribution in [0.5, 0.6) is 11.5 Å². The first kappa shape index (κ1) is 12.5. The third kappa shape index (κ3) is 2.67. The number of phenolic OH excluding ortho intramolecular Hbond substituents is 2. The van der Waals surface area contributed by atoms with E-state index < -0.39 is 0 Å². The van der Waals surface area contributed by atoms with Crippen LogP contribution in [-0.4, -0.2) is 23.3 Å². The Hall–Kier alpha value is -0.930. The molecule has 0 aromatic heterocycles. The molecule has 0 spiro atoms. The average molecular weight is 256 g/mol. The highest BCUT2D eigenvalue weighted by Gasteiger charge is 2.19. The minimum absolute atomic E-state index is 0.137. The second-order valence-corrected chi connectivity index (χ2v) is 5.13. The van der Waals surface area contributed by atoms with E-state index >= 15 is 0 Å². The van der Waals surface area contributed by atoms with Gasteiger partial charge in [-0.15, -0.1) is 0 Å². The van der Waals surface area contributed by atoms with Crippen molar-refractivity contribution >= 4 is 11.6 Å². The zero-order valence-corrected chi connectivity index (χ0v) is 10.7. The van der Waals surface area contributed by atoms with E-state index in [0.717, 1.165) is 43.5 Å². The van der Waals surface area contributed by atoms with Gasteiger partial charge in [-0.05, 0) is 62.4 Å². The molecule has 0 atom stereocenters. The Kier molecular flexibility index (Phi) is 3.79. The second-order valence-electron chi connectivity index (χ2n) is 4.75. The third-order valence-corrected chi connectivity index (χ3v) is 3.90. The maximum absolute atomic E-state index is 9.65. The number of hydrogen-bond acceptors (Lipinski definition) is 3. The molecule has 1 aromatic carbocycles. The van der Waals surface area contributed by atoms with Gasteiger partial charge in [0.25, 0.3) is 0 Å². The summed E-state index contributed by atoms with van der Waals surface area (Å²) in [5.74, 6) is 0.277. The molecule has 0 unspecified atom stereocenters. The van der Waals surface area contributed by atoms with E-state index in [1.807, 2.05) is 6.92 Å². The van der Waals surface area contributed by atoms with Gasteiger partial charge >= 0.3 is 0 Å². The molecule has 17 heavy (non-hydrogen) atoms. The molecular weight excluding hydrogens is 238 g/mol. The van der Waals surface area contributed by atoms with E-state index in [9.17, 15) is 10.2 Å². The minimum Gasteiger partial charge on any atom is -0.504 e. The zero-order chi connectivity index (χ0) is 12.4. The molecular formula is C13H18ClNO2. The van der Waals surface area contributed by atoms with Crippen LogP contribution in [0.2, 0.25) is 5.02 Å². The van der Waals surface area contributed by atoms with Crippen molar-refractivity contribution in [2.75, 3.05) is 13.1 Å². The molecule has 94 valence electrons. The van der Waals surface area contributed by atoms with Gasteiger partial charge in [0.15, 0.2) is 11.5 Å². The molecule has 2 rings (SSSR count). The monoisotopic (exact) mass is 255 g/mol. The molecule has 1 fully saturated rings. The van der Waals surface area contributed by atoms with Crippen molar-refractivity contribution in [3.05, 3.63) is 22.2 Å². The van der Waals surface area contributed by atoms with Crippen molar-refractivity contribution < 1.29 is 10.2 Å². The fraction of sp³-hybridized carbons (Fsp3) is 0.538. The van der Waals surface area contributed by atoms with Gasteiger partial charge < -0.3 is 15.5 Å². The van der Waals surface area contributed by atoms with Crippen LogP contribution >= 0.6 is 11.6 Å². The van der Waals surface area contributed by atoms with Gasteiger partial charge in [0.1, 0.15) is 0 Å². The first-order chi connectivity index (χ1) is 8.09. The number of piperidine rings is 1. The summed E-state index contributed by atoms with van der Waals surface area (Å²) in [6.07, 6.45) is 3.15. The van der Waals surface area contributed by atoms with Crippen molar-refractivity contribution in [1.29, 1.82) is 0 Å². The van der Waals surface area contributed by atoms with Crippen molar-refractivity contribution in [2.24, 2.45) is 5.92 Å². The number of rotatable bonds is 2. The quantitative estimate of drug-likeness (QED) is 0.712. The number of aromatic hydroxyl groups is 2. The Balaban J connectivity index is 2.22. The van der Waals surface area contributed by atoms with Crippen molar-refractivity contribution in [3.8, 4) is 11.5 Å². The number of halogens is 1. The van der Waals surface area contributed by atoms with Crippen LogP contribution in [0.3, 0.4) is 0 Å². The van der Waals surface area contributed by atoms with E-state index in [1.54, 1.807) is 6.07 Å². The van der Waals surface area contributed by atoms with Crippen molar-refractivity contribution in [3.63, 3.8) is 0 Å². The molecule has 1 aromatic rings. The summed E-state index contributed by atoms with van der Waals surface area (Å²) in [5.41, 5.74) is 1.91. The van der Waals surface area contributed by atoms with Gasteiger partial charge in [-0.3, -0.25) is 0 Å². The van der Waals surface area contributed by atoms with E-state index in [1.165, 1.54) is 0 Å². The average Bonchev–Trinajstić information content (AvgIpc) is 2.33. The SMILES string of the molecule is Cc1cc(O)c(O)c(Cl)c1CC1CCNCC1. The molecule has 3 N–H and O–H groups in total. The van der Waals surface area contributed by atoms with Gasteiger partial charge in [-0.25, -0.2) is 0 Å². The molecule has 1 saturated heterocycles. The zero-order valence-electron chi connectivity index (χ0n) is 9.96. The highest BCUT2D eigenvalue weighted by molar-refractivity contribution is 6.33. The number of benzene rings is 1. The molecule has 3 nitrogen and oxygen atoms in total. The highest BCUT2D eigenvalue weighted by atomic mass is 35.5. The number of hydrogen-bond donors (Lipinski definition) is 3. The number of aryl methyl sites for hydroxylation is 1. The summed E-state index contributed by atoms with van der Waals surface area (Å²) in [5, 5.41) is 22.7. The van der Waals surface area contributed by atoms with E-state index in [4.69, 9.17) is 11.6 Å². The summed E-state index contributed by atoms with van der Waals surface area (Å²) in [6, 6.07) is 1.58. The lowest BCUT2D eigenvalue weighted by Crippen LogP contribution is -2.28. The summed E-state index contributed by atoms with van der Waals surface area (Å²) in [6.45, 7) is 4.01. The molecule has 1 heterocycles. The normalized spacial score (nSPS) is 17.3. The summed E-state index contributed by atoms with van der Waals surface area (Å²) in [7, 11) is 0. The lowest BCUT2D eigenvalue weighted by Gasteiger charge is -2.24. The van der Waals surface area contributed by atoms with Crippen LogP contribution in [0, 0.1) is 12.8 Å². The van der Waals surface area contributed by atoms with Crippen LogP contribution in [0.15, 0.2) is 6.07 Å². The molecule has 1 aliphatic rings. The maximum Gasteiger partial charge on any atom is 0.176 e. The van der Waals surface area contributed by atoms with Crippen LogP contribution in [-0.2, 0) is 6.42 Å². The summed E-state index contributed by atoms with van der Waals surface area (Å²) >= 11 is 6.10.